The Bertz CT molecular complexity index is 957. The van der Waals surface area contributed by atoms with Gasteiger partial charge in [-0.2, -0.15) is 0 Å². The van der Waals surface area contributed by atoms with Gasteiger partial charge in [-0.15, -0.1) is 0 Å². The van der Waals surface area contributed by atoms with Crippen molar-refractivity contribution in [2.45, 2.75) is 50.3 Å². The Hall–Kier alpha value is -2.70. The zero-order valence-corrected chi connectivity index (χ0v) is 17.8. The van der Waals surface area contributed by atoms with Gasteiger partial charge in [0.15, 0.2) is 0 Å². The van der Waals surface area contributed by atoms with E-state index < -0.39 is 5.54 Å². The Labute approximate surface area is 183 Å². The van der Waals surface area contributed by atoms with Crippen molar-refractivity contribution in [3.63, 3.8) is 0 Å². The minimum Gasteiger partial charge on any atom is -0.377 e. The molecule has 2 aromatic rings. The molecule has 0 aromatic heterocycles. The van der Waals surface area contributed by atoms with Crippen molar-refractivity contribution in [1.82, 2.24) is 15.1 Å². The Balaban J connectivity index is 1.34. The summed E-state index contributed by atoms with van der Waals surface area (Å²) in [5.74, 6) is -0.0996. The van der Waals surface area contributed by atoms with Gasteiger partial charge in [0.1, 0.15) is 5.54 Å². The summed E-state index contributed by atoms with van der Waals surface area (Å²) in [5.41, 5.74) is 2.78. The predicted octanol–water partition coefficient (Wildman–Crippen LogP) is 3.10. The van der Waals surface area contributed by atoms with E-state index in [1.807, 2.05) is 30.3 Å². The van der Waals surface area contributed by atoms with Crippen LogP contribution in [-0.2, 0) is 28.9 Å². The highest BCUT2D eigenvalue weighted by Gasteiger charge is 2.52. The van der Waals surface area contributed by atoms with Gasteiger partial charge in [-0.3, -0.25) is 9.69 Å². The number of carbonyl (C=O) groups excluding carboxylic acids is 2. The smallest absolute Gasteiger partial charge is 0.326 e. The van der Waals surface area contributed by atoms with E-state index in [2.05, 4.69) is 34.5 Å². The van der Waals surface area contributed by atoms with E-state index in [0.29, 0.717) is 25.9 Å². The van der Waals surface area contributed by atoms with Gasteiger partial charge in [-0.05, 0) is 42.4 Å². The van der Waals surface area contributed by atoms with Gasteiger partial charge >= 0.3 is 6.03 Å². The number of aryl methyl sites for hydroxylation is 1. The molecule has 0 bridgehead atoms. The lowest BCUT2D eigenvalue weighted by molar-refractivity contribution is -0.133. The number of rotatable bonds is 6. The molecule has 3 amide bonds. The summed E-state index contributed by atoms with van der Waals surface area (Å²) < 4.78 is 5.84. The topological polar surface area (TPSA) is 61.9 Å². The van der Waals surface area contributed by atoms with Gasteiger partial charge in [0.2, 0.25) is 0 Å². The van der Waals surface area contributed by atoms with E-state index in [9.17, 15) is 9.59 Å². The molecule has 0 saturated carbocycles. The average Bonchev–Trinajstić information content (AvgIpc) is 3.37. The summed E-state index contributed by atoms with van der Waals surface area (Å²) in [6.07, 6.45) is 4.26. The fraction of sp³-hybridized carbons (Fsp3) is 0.440. The Morgan fingerprint density at radius 3 is 2.61 bits per heavy atom. The molecule has 3 aliphatic rings. The first-order valence-corrected chi connectivity index (χ1v) is 11.2. The quantitative estimate of drug-likeness (QED) is 0.731. The van der Waals surface area contributed by atoms with E-state index in [0.717, 1.165) is 37.0 Å². The molecule has 6 nitrogen and oxygen atoms in total. The van der Waals surface area contributed by atoms with Crippen molar-refractivity contribution in [1.29, 1.82) is 0 Å². The van der Waals surface area contributed by atoms with Crippen LogP contribution in [0.3, 0.4) is 0 Å². The Kier molecular flexibility index (Phi) is 5.50. The second kappa shape index (κ2) is 8.44. The SMILES string of the molecule is O=C1NC2(CCc3ccccc3C2)C(=O)N1CN(Cc1ccccc1)CC1CCCO1. The third kappa shape index (κ3) is 4.10. The van der Waals surface area contributed by atoms with Gasteiger partial charge in [-0.1, -0.05) is 54.6 Å². The van der Waals surface area contributed by atoms with Crippen LogP contribution in [0.15, 0.2) is 54.6 Å². The highest BCUT2D eigenvalue weighted by molar-refractivity contribution is 6.07. The fourth-order valence-electron chi connectivity index (χ4n) is 5.12. The molecule has 1 N–H and O–H groups in total. The van der Waals surface area contributed by atoms with E-state index >= 15 is 0 Å². The van der Waals surface area contributed by atoms with E-state index in [4.69, 9.17) is 4.74 Å². The van der Waals surface area contributed by atoms with Gasteiger partial charge < -0.3 is 10.1 Å². The van der Waals surface area contributed by atoms with Crippen molar-refractivity contribution >= 4 is 11.9 Å². The third-order valence-corrected chi connectivity index (χ3v) is 6.75. The number of amides is 3. The van der Waals surface area contributed by atoms with Gasteiger partial charge in [0, 0.05) is 26.1 Å². The average molecular weight is 420 g/mol. The highest BCUT2D eigenvalue weighted by atomic mass is 16.5. The van der Waals surface area contributed by atoms with Gasteiger partial charge in [-0.25, -0.2) is 9.69 Å². The second-order valence-electron chi connectivity index (χ2n) is 8.96. The molecular weight excluding hydrogens is 390 g/mol. The minimum absolute atomic E-state index is 0.0996. The number of nitrogens with one attached hydrogen (secondary N) is 1. The number of ether oxygens (including phenoxy) is 1. The largest absolute Gasteiger partial charge is 0.377 e. The maximum atomic E-state index is 13.5. The number of urea groups is 1. The van der Waals surface area contributed by atoms with Gasteiger partial charge in [0.05, 0.1) is 12.8 Å². The van der Waals surface area contributed by atoms with E-state index in [1.165, 1.54) is 10.5 Å². The summed E-state index contributed by atoms with van der Waals surface area (Å²) in [5, 5.41) is 3.05. The number of imide groups is 1. The van der Waals surface area contributed by atoms with Crippen molar-refractivity contribution in [3.8, 4) is 0 Å². The maximum absolute atomic E-state index is 13.5. The first-order valence-electron chi connectivity index (χ1n) is 11.2. The molecule has 2 fully saturated rings. The van der Waals surface area contributed by atoms with Gasteiger partial charge in [0.25, 0.3) is 5.91 Å². The summed E-state index contributed by atoms with van der Waals surface area (Å²) >= 11 is 0. The molecule has 2 atom stereocenters. The lowest BCUT2D eigenvalue weighted by atomic mass is 9.78. The van der Waals surface area contributed by atoms with Crippen LogP contribution in [0.5, 0.6) is 0 Å². The number of hydrogen-bond acceptors (Lipinski definition) is 4. The molecule has 6 heteroatoms. The van der Waals surface area contributed by atoms with Crippen LogP contribution in [0.1, 0.15) is 36.0 Å². The molecule has 2 aliphatic heterocycles. The number of nitrogens with zero attached hydrogens (tertiary/aromatic N) is 2. The van der Waals surface area contributed by atoms with Crippen LogP contribution in [0.25, 0.3) is 0 Å². The third-order valence-electron chi connectivity index (χ3n) is 6.75. The highest BCUT2D eigenvalue weighted by Crippen LogP contribution is 2.33. The normalized spacial score (nSPS) is 25.3. The molecule has 2 unspecified atom stereocenters. The second-order valence-corrected chi connectivity index (χ2v) is 8.96. The number of fused-ring (bicyclic) bond motifs is 1. The van der Waals surface area contributed by atoms with Crippen molar-refractivity contribution < 1.29 is 14.3 Å². The zero-order chi connectivity index (χ0) is 21.3. The summed E-state index contributed by atoms with van der Waals surface area (Å²) in [6.45, 7) is 2.45. The molecule has 5 rings (SSSR count). The van der Waals surface area contributed by atoms with Crippen molar-refractivity contribution in [3.05, 3.63) is 71.3 Å². The number of benzene rings is 2. The van der Waals surface area contributed by atoms with Crippen LogP contribution >= 0.6 is 0 Å². The molecule has 0 radical (unpaired) electrons. The Morgan fingerprint density at radius 1 is 1.06 bits per heavy atom. The molecule has 2 heterocycles. The molecular formula is C25H29N3O3. The minimum atomic E-state index is -0.812. The van der Waals surface area contributed by atoms with Crippen LogP contribution in [0.4, 0.5) is 4.79 Å². The standard InChI is InChI=1S/C25H29N3O3/c29-23-25(13-12-20-9-4-5-10-21(20)15-25)26-24(30)28(23)18-27(17-22-11-6-14-31-22)16-19-7-2-1-3-8-19/h1-5,7-10,22H,6,11-18H2,(H,26,30). The molecule has 2 aromatic carbocycles. The summed E-state index contributed by atoms with van der Waals surface area (Å²) in [6, 6.07) is 18.1. The molecule has 1 spiro atoms. The van der Waals surface area contributed by atoms with Crippen LogP contribution in [-0.4, -0.2) is 53.2 Å². The summed E-state index contributed by atoms with van der Waals surface area (Å²) in [4.78, 5) is 30.0. The summed E-state index contributed by atoms with van der Waals surface area (Å²) in [7, 11) is 0. The lowest BCUT2D eigenvalue weighted by Gasteiger charge is -2.33. The maximum Gasteiger partial charge on any atom is 0.326 e. The van der Waals surface area contributed by atoms with E-state index in [1.54, 1.807) is 0 Å². The number of hydrogen-bond donors (Lipinski definition) is 1. The molecule has 31 heavy (non-hydrogen) atoms. The van der Waals surface area contributed by atoms with Crippen molar-refractivity contribution in [2.75, 3.05) is 19.8 Å². The van der Waals surface area contributed by atoms with Crippen LogP contribution in [0.2, 0.25) is 0 Å². The van der Waals surface area contributed by atoms with Crippen molar-refractivity contribution in [2.24, 2.45) is 0 Å². The predicted molar refractivity (Wildman–Crippen MR) is 117 cm³/mol. The lowest BCUT2D eigenvalue weighted by Crippen LogP contribution is -2.52. The van der Waals surface area contributed by atoms with E-state index in [-0.39, 0.29) is 24.7 Å². The zero-order valence-electron chi connectivity index (χ0n) is 17.8. The molecule has 162 valence electrons. The monoisotopic (exact) mass is 419 g/mol. The Morgan fingerprint density at radius 2 is 1.84 bits per heavy atom. The first kappa shape index (κ1) is 20.2. The fourth-order valence-corrected chi connectivity index (χ4v) is 5.12. The molecule has 2 saturated heterocycles. The van der Waals surface area contributed by atoms with Crippen LogP contribution < -0.4 is 5.32 Å². The number of carbonyl (C=O) groups is 2. The first-order chi connectivity index (χ1) is 15.1. The molecule has 1 aliphatic carbocycles. The van der Waals surface area contributed by atoms with Crippen LogP contribution in [0, 0.1) is 0 Å².